The van der Waals surface area contributed by atoms with Crippen molar-refractivity contribution in [3.63, 3.8) is 0 Å². The van der Waals surface area contributed by atoms with Gasteiger partial charge in [-0.15, -0.1) is 0 Å². The number of hydrogen-bond acceptors (Lipinski definition) is 4. The molecule has 0 saturated carbocycles. The molecule has 2 aromatic rings. The molecule has 0 spiro atoms. The van der Waals surface area contributed by atoms with Crippen molar-refractivity contribution in [3.05, 3.63) is 71.3 Å². The predicted molar refractivity (Wildman–Crippen MR) is 102 cm³/mol. The molecule has 0 aliphatic rings. The van der Waals surface area contributed by atoms with Crippen molar-refractivity contribution in [1.82, 2.24) is 0 Å². The second kappa shape index (κ2) is 9.33. The van der Waals surface area contributed by atoms with Crippen molar-refractivity contribution in [2.24, 2.45) is 0 Å². The lowest BCUT2D eigenvalue weighted by Crippen LogP contribution is -2.21. The first-order chi connectivity index (χ1) is 13.0. The van der Waals surface area contributed by atoms with E-state index in [0.717, 1.165) is 35.7 Å². The number of amides is 2. The number of nitrogens with one attached hydrogen (secondary N) is 2. The zero-order chi connectivity index (χ0) is 19.8. The van der Waals surface area contributed by atoms with Gasteiger partial charge in [0, 0.05) is 11.8 Å². The standard InChI is InChI=1S/C21H22N2O4/c1-3-14-8-7-9-15(4-2)20(14)23-21(27)16-10-5-6-11-17(16)22-18(24)12-13-19(25)26/h5-13H,3-4H2,1-2H3,(H,22,24)(H,23,27)(H,25,26)/p-1. The number of rotatable bonds is 7. The van der Waals surface area contributed by atoms with Gasteiger partial charge < -0.3 is 20.5 Å². The molecule has 0 saturated heterocycles. The van der Waals surface area contributed by atoms with Crippen LogP contribution in [0.15, 0.2) is 54.6 Å². The summed E-state index contributed by atoms with van der Waals surface area (Å²) in [6, 6.07) is 12.4. The molecule has 0 aromatic heterocycles. The first-order valence-corrected chi connectivity index (χ1v) is 8.67. The van der Waals surface area contributed by atoms with Crippen LogP contribution in [0.2, 0.25) is 0 Å². The van der Waals surface area contributed by atoms with Crippen LogP contribution in [-0.4, -0.2) is 17.8 Å². The number of carboxylic acid groups (broad SMARTS) is 1. The molecule has 0 bridgehead atoms. The Labute approximate surface area is 157 Å². The number of benzene rings is 2. The quantitative estimate of drug-likeness (QED) is 0.736. The van der Waals surface area contributed by atoms with E-state index in [2.05, 4.69) is 10.6 Å². The summed E-state index contributed by atoms with van der Waals surface area (Å²) in [5, 5.41) is 15.9. The number of carbonyl (C=O) groups is 3. The van der Waals surface area contributed by atoms with Crippen molar-refractivity contribution in [2.45, 2.75) is 26.7 Å². The van der Waals surface area contributed by atoms with Crippen LogP contribution in [0.5, 0.6) is 0 Å². The molecule has 0 fully saturated rings. The van der Waals surface area contributed by atoms with E-state index in [4.69, 9.17) is 0 Å². The van der Waals surface area contributed by atoms with Crippen LogP contribution in [0.1, 0.15) is 35.3 Å². The first-order valence-electron chi connectivity index (χ1n) is 8.67. The maximum absolute atomic E-state index is 12.8. The van der Waals surface area contributed by atoms with Gasteiger partial charge >= 0.3 is 0 Å². The molecule has 2 N–H and O–H groups in total. The average Bonchev–Trinajstić information content (AvgIpc) is 2.66. The highest BCUT2D eigenvalue weighted by Crippen LogP contribution is 2.24. The van der Waals surface area contributed by atoms with E-state index in [-0.39, 0.29) is 17.2 Å². The molecule has 0 unspecified atom stereocenters. The molecule has 6 nitrogen and oxygen atoms in total. The van der Waals surface area contributed by atoms with Crippen molar-refractivity contribution < 1.29 is 19.5 Å². The van der Waals surface area contributed by atoms with Gasteiger partial charge in [-0.1, -0.05) is 44.2 Å². The SMILES string of the molecule is CCc1cccc(CC)c1NC(=O)c1ccccc1NC(=O)C=CC(=O)[O-]. The van der Waals surface area contributed by atoms with E-state index >= 15 is 0 Å². The van der Waals surface area contributed by atoms with Gasteiger partial charge in [-0.3, -0.25) is 9.59 Å². The van der Waals surface area contributed by atoms with Crippen LogP contribution in [0.3, 0.4) is 0 Å². The average molecular weight is 365 g/mol. The van der Waals surface area contributed by atoms with Crippen molar-refractivity contribution in [3.8, 4) is 0 Å². The van der Waals surface area contributed by atoms with Crippen LogP contribution in [0.4, 0.5) is 11.4 Å². The molecule has 27 heavy (non-hydrogen) atoms. The molecule has 0 aliphatic carbocycles. The Bertz CT molecular complexity index is 865. The molecule has 0 atom stereocenters. The molecule has 0 aliphatic heterocycles. The van der Waals surface area contributed by atoms with Gasteiger partial charge in [0.25, 0.3) is 5.91 Å². The summed E-state index contributed by atoms with van der Waals surface area (Å²) in [6.45, 7) is 4.03. The number of anilines is 2. The number of para-hydroxylation sites is 2. The van der Waals surface area contributed by atoms with E-state index in [1.807, 2.05) is 32.0 Å². The molecular formula is C21H21N2O4-. The highest BCUT2D eigenvalue weighted by Gasteiger charge is 2.15. The maximum Gasteiger partial charge on any atom is 0.257 e. The predicted octanol–water partition coefficient (Wildman–Crippen LogP) is 2.31. The molecule has 0 heterocycles. The van der Waals surface area contributed by atoms with Gasteiger partial charge in [-0.2, -0.15) is 0 Å². The Hall–Kier alpha value is -3.41. The maximum atomic E-state index is 12.8. The molecule has 2 aromatic carbocycles. The number of hydrogen-bond donors (Lipinski definition) is 2. The third-order valence-electron chi connectivity index (χ3n) is 4.04. The minimum atomic E-state index is -1.47. The Kier molecular flexibility index (Phi) is 6.88. The summed E-state index contributed by atoms with van der Waals surface area (Å²) in [5.41, 5.74) is 3.41. The Balaban J connectivity index is 2.28. The van der Waals surface area contributed by atoms with E-state index in [1.54, 1.807) is 24.3 Å². The molecule has 6 heteroatoms. The highest BCUT2D eigenvalue weighted by atomic mass is 16.4. The summed E-state index contributed by atoms with van der Waals surface area (Å²) in [5.74, 6) is -2.49. The second-order valence-corrected chi connectivity index (χ2v) is 5.80. The van der Waals surface area contributed by atoms with Gasteiger partial charge in [0.15, 0.2) is 0 Å². The van der Waals surface area contributed by atoms with Crippen LogP contribution < -0.4 is 15.7 Å². The van der Waals surface area contributed by atoms with Crippen LogP contribution in [0, 0.1) is 0 Å². The fraction of sp³-hybridized carbons (Fsp3) is 0.190. The van der Waals surface area contributed by atoms with E-state index in [0.29, 0.717) is 6.08 Å². The van der Waals surface area contributed by atoms with Gasteiger partial charge in [0.2, 0.25) is 5.91 Å². The van der Waals surface area contributed by atoms with E-state index in [9.17, 15) is 19.5 Å². The van der Waals surface area contributed by atoms with Crippen molar-refractivity contribution in [2.75, 3.05) is 10.6 Å². The highest BCUT2D eigenvalue weighted by molar-refractivity contribution is 6.12. The van der Waals surface area contributed by atoms with Crippen molar-refractivity contribution >= 4 is 29.2 Å². The molecule has 2 amide bonds. The number of carbonyl (C=O) groups excluding carboxylic acids is 3. The number of aliphatic carboxylic acids is 1. The summed E-state index contributed by atoms with van der Waals surface area (Å²) in [4.78, 5) is 35.1. The summed E-state index contributed by atoms with van der Waals surface area (Å²) >= 11 is 0. The van der Waals surface area contributed by atoms with Gasteiger partial charge in [0.1, 0.15) is 0 Å². The molecule has 2 rings (SSSR count). The van der Waals surface area contributed by atoms with Crippen LogP contribution in [0.25, 0.3) is 0 Å². The lowest BCUT2D eigenvalue weighted by Gasteiger charge is -2.16. The second-order valence-electron chi connectivity index (χ2n) is 5.80. The zero-order valence-electron chi connectivity index (χ0n) is 15.2. The topological polar surface area (TPSA) is 98.3 Å². The fourth-order valence-corrected chi connectivity index (χ4v) is 2.69. The summed E-state index contributed by atoms with van der Waals surface area (Å²) in [7, 11) is 0. The first kappa shape index (κ1) is 19.9. The van der Waals surface area contributed by atoms with Crippen LogP contribution >= 0.6 is 0 Å². The lowest BCUT2D eigenvalue weighted by molar-refractivity contribution is -0.297. The van der Waals surface area contributed by atoms with E-state index in [1.165, 1.54) is 0 Å². The minimum Gasteiger partial charge on any atom is -0.545 e. The Morgan fingerprint density at radius 1 is 0.889 bits per heavy atom. The summed E-state index contributed by atoms with van der Waals surface area (Å²) in [6.07, 6.45) is 3.01. The zero-order valence-corrected chi connectivity index (χ0v) is 15.2. The molecule has 140 valence electrons. The van der Waals surface area contributed by atoms with E-state index < -0.39 is 11.9 Å². The largest absolute Gasteiger partial charge is 0.545 e. The number of carboxylic acids is 1. The lowest BCUT2D eigenvalue weighted by atomic mass is 10.0. The monoisotopic (exact) mass is 365 g/mol. The van der Waals surface area contributed by atoms with Crippen LogP contribution in [-0.2, 0) is 22.4 Å². The van der Waals surface area contributed by atoms with Gasteiger partial charge in [-0.05, 0) is 42.2 Å². The molecular weight excluding hydrogens is 344 g/mol. The molecule has 0 radical (unpaired) electrons. The Morgan fingerprint density at radius 3 is 2.11 bits per heavy atom. The number of aryl methyl sites for hydroxylation is 2. The Morgan fingerprint density at radius 2 is 1.52 bits per heavy atom. The normalized spacial score (nSPS) is 10.6. The third kappa shape index (κ3) is 5.28. The van der Waals surface area contributed by atoms with Gasteiger partial charge in [0.05, 0.1) is 17.2 Å². The fourth-order valence-electron chi connectivity index (χ4n) is 2.69. The summed E-state index contributed by atoms with van der Waals surface area (Å²) < 4.78 is 0. The van der Waals surface area contributed by atoms with Crippen molar-refractivity contribution in [1.29, 1.82) is 0 Å². The minimum absolute atomic E-state index is 0.278. The smallest absolute Gasteiger partial charge is 0.257 e. The third-order valence-corrected chi connectivity index (χ3v) is 4.04. The van der Waals surface area contributed by atoms with Gasteiger partial charge in [-0.25, -0.2) is 0 Å².